The van der Waals surface area contributed by atoms with Crippen LogP contribution in [0, 0.1) is 6.92 Å². The molecule has 0 amide bonds. The molecule has 0 radical (unpaired) electrons. The molecule has 3 rings (SSSR count). The van der Waals surface area contributed by atoms with Gasteiger partial charge >= 0.3 is 0 Å². The highest BCUT2D eigenvalue weighted by atomic mass is 16.1. The van der Waals surface area contributed by atoms with Crippen LogP contribution in [-0.4, -0.2) is 43.4 Å². The number of anilines is 1. The predicted octanol–water partition coefficient (Wildman–Crippen LogP) is 3.58. The van der Waals surface area contributed by atoms with E-state index in [1.807, 2.05) is 0 Å². The summed E-state index contributed by atoms with van der Waals surface area (Å²) in [5, 5.41) is 0. The highest BCUT2D eigenvalue weighted by Gasteiger charge is 2.19. The van der Waals surface area contributed by atoms with Crippen molar-refractivity contribution in [2.75, 3.05) is 37.6 Å². The zero-order chi connectivity index (χ0) is 16.1. The molecule has 1 aromatic carbocycles. The van der Waals surface area contributed by atoms with Crippen molar-refractivity contribution >= 4 is 11.5 Å². The second-order valence-corrected chi connectivity index (χ2v) is 6.76. The number of nitrogens with zero attached hydrogens (tertiary/aromatic N) is 2. The maximum Gasteiger partial charge on any atom is 0.159 e. The average Bonchev–Trinajstić information content (AvgIpc) is 2.61. The van der Waals surface area contributed by atoms with Crippen LogP contribution >= 0.6 is 0 Å². The SMILES string of the molecule is Cc1ccccc1N1CCN(CCC(=O)C2=CCCCC2)CC1. The smallest absolute Gasteiger partial charge is 0.159 e. The Kier molecular flexibility index (Phi) is 5.50. The topological polar surface area (TPSA) is 23.6 Å². The van der Waals surface area contributed by atoms with Gasteiger partial charge in [0, 0.05) is 44.8 Å². The van der Waals surface area contributed by atoms with Crippen molar-refractivity contribution < 1.29 is 4.79 Å². The van der Waals surface area contributed by atoms with Crippen LogP contribution in [0.25, 0.3) is 0 Å². The zero-order valence-corrected chi connectivity index (χ0v) is 14.3. The monoisotopic (exact) mass is 312 g/mol. The Balaban J connectivity index is 1.45. The zero-order valence-electron chi connectivity index (χ0n) is 14.3. The summed E-state index contributed by atoms with van der Waals surface area (Å²) in [7, 11) is 0. The molecule has 23 heavy (non-hydrogen) atoms. The number of hydrogen-bond acceptors (Lipinski definition) is 3. The van der Waals surface area contributed by atoms with Crippen LogP contribution in [-0.2, 0) is 4.79 Å². The molecular weight excluding hydrogens is 284 g/mol. The third kappa shape index (κ3) is 4.23. The normalized spacial score (nSPS) is 19.5. The van der Waals surface area contributed by atoms with Gasteiger partial charge in [-0.05, 0) is 49.8 Å². The number of hydrogen-bond donors (Lipinski definition) is 0. The molecule has 0 spiro atoms. The molecule has 1 fully saturated rings. The lowest BCUT2D eigenvalue weighted by Crippen LogP contribution is -2.47. The maximum atomic E-state index is 12.3. The molecular formula is C20H28N2O. The third-order valence-corrected chi connectivity index (χ3v) is 5.13. The molecule has 1 aliphatic carbocycles. The Hall–Kier alpha value is -1.61. The van der Waals surface area contributed by atoms with Crippen molar-refractivity contribution in [2.24, 2.45) is 0 Å². The first kappa shape index (κ1) is 16.3. The van der Waals surface area contributed by atoms with Gasteiger partial charge in [0.2, 0.25) is 0 Å². The van der Waals surface area contributed by atoms with Crippen LogP contribution in [0.4, 0.5) is 5.69 Å². The van der Waals surface area contributed by atoms with Crippen molar-refractivity contribution in [1.29, 1.82) is 0 Å². The van der Waals surface area contributed by atoms with Crippen LogP contribution in [0.3, 0.4) is 0 Å². The average molecular weight is 312 g/mol. The summed E-state index contributed by atoms with van der Waals surface area (Å²) >= 11 is 0. The molecule has 1 aliphatic heterocycles. The summed E-state index contributed by atoms with van der Waals surface area (Å²) in [4.78, 5) is 17.2. The Labute approximate surface area is 140 Å². The molecule has 0 N–H and O–H groups in total. The lowest BCUT2D eigenvalue weighted by atomic mass is 9.95. The summed E-state index contributed by atoms with van der Waals surface area (Å²) < 4.78 is 0. The number of ketones is 1. The van der Waals surface area contributed by atoms with Crippen LogP contribution in [0.15, 0.2) is 35.9 Å². The van der Waals surface area contributed by atoms with Crippen molar-refractivity contribution in [3.05, 3.63) is 41.5 Å². The van der Waals surface area contributed by atoms with Gasteiger partial charge in [0.15, 0.2) is 5.78 Å². The number of rotatable bonds is 5. The third-order valence-electron chi connectivity index (χ3n) is 5.13. The number of carbonyl (C=O) groups excluding carboxylic acids is 1. The van der Waals surface area contributed by atoms with E-state index in [0.29, 0.717) is 12.2 Å². The summed E-state index contributed by atoms with van der Waals surface area (Å²) in [5.41, 5.74) is 3.80. The van der Waals surface area contributed by atoms with Crippen molar-refractivity contribution in [1.82, 2.24) is 4.90 Å². The van der Waals surface area contributed by atoms with Crippen LogP contribution in [0.2, 0.25) is 0 Å². The Bertz CT molecular complexity index is 571. The van der Waals surface area contributed by atoms with E-state index in [2.05, 4.69) is 47.1 Å². The Morgan fingerprint density at radius 3 is 2.57 bits per heavy atom. The minimum absolute atomic E-state index is 0.381. The molecule has 1 saturated heterocycles. The second-order valence-electron chi connectivity index (χ2n) is 6.76. The Morgan fingerprint density at radius 2 is 1.87 bits per heavy atom. The van der Waals surface area contributed by atoms with E-state index >= 15 is 0 Å². The van der Waals surface area contributed by atoms with E-state index in [-0.39, 0.29) is 0 Å². The summed E-state index contributed by atoms with van der Waals surface area (Å²) in [6.07, 6.45) is 7.39. The number of piperazine rings is 1. The Morgan fingerprint density at radius 1 is 1.09 bits per heavy atom. The van der Waals surface area contributed by atoms with Gasteiger partial charge in [0.25, 0.3) is 0 Å². The highest BCUT2D eigenvalue weighted by Crippen LogP contribution is 2.22. The van der Waals surface area contributed by atoms with Gasteiger partial charge in [0.1, 0.15) is 0 Å². The standard InChI is InChI=1S/C20H28N2O/c1-17-7-5-6-10-19(17)22-15-13-21(14-16-22)12-11-20(23)18-8-3-2-4-9-18/h5-8,10H,2-4,9,11-16H2,1H3. The minimum atomic E-state index is 0.381. The molecule has 1 aromatic rings. The molecule has 3 nitrogen and oxygen atoms in total. The van der Waals surface area contributed by atoms with Gasteiger partial charge in [-0.2, -0.15) is 0 Å². The van der Waals surface area contributed by atoms with E-state index in [4.69, 9.17) is 0 Å². The van der Waals surface area contributed by atoms with E-state index in [0.717, 1.165) is 51.1 Å². The van der Waals surface area contributed by atoms with Gasteiger partial charge in [-0.25, -0.2) is 0 Å². The first-order chi connectivity index (χ1) is 11.2. The molecule has 0 unspecified atom stereocenters. The lowest BCUT2D eigenvalue weighted by molar-refractivity contribution is -0.116. The van der Waals surface area contributed by atoms with E-state index in [1.165, 1.54) is 24.1 Å². The molecule has 124 valence electrons. The molecule has 0 saturated carbocycles. The summed E-state index contributed by atoms with van der Waals surface area (Å²) in [5.74, 6) is 0.381. The fourth-order valence-corrected chi connectivity index (χ4v) is 3.64. The lowest BCUT2D eigenvalue weighted by Gasteiger charge is -2.36. The van der Waals surface area contributed by atoms with Crippen molar-refractivity contribution in [3.8, 4) is 0 Å². The molecule has 1 heterocycles. The van der Waals surface area contributed by atoms with Gasteiger partial charge in [-0.15, -0.1) is 0 Å². The quantitative estimate of drug-likeness (QED) is 0.830. The van der Waals surface area contributed by atoms with Crippen molar-refractivity contribution in [3.63, 3.8) is 0 Å². The van der Waals surface area contributed by atoms with E-state index < -0.39 is 0 Å². The molecule has 3 heteroatoms. The van der Waals surface area contributed by atoms with E-state index in [1.54, 1.807) is 0 Å². The molecule has 0 aromatic heterocycles. The highest BCUT2D eigenvalue weighted by molar-refractivity contribution is 5.95. The number of Topliss-reactive ketones (excluding diaryl/α,β-unsaturated/α-hetero) is 1. The minimum Gasteiger partial charge on any atom is -0.369 e. The van der Waals surface area contributed by atoms with Crippen LogP contribution in [0.5, 0.6) is 0 Å². The van der Waals surface area contributed by atoms with Crippen molar-refractivity contribution in [2.45, 2.75) is 39.0 Å². The van der Waals surface area contributed by atoms with Gasteiger partial charge in [-0.1, -0.05) is 24.3 Å². The number of allylic oxidation sites excluding steroid dienone is 2. The van der Waals surface area contributed by atoms with Crippen LogP contribution < -0.4 is 4.90 Å². The number of carbonyl (C=O) groups is 1. The van der Waals surface area contributed by atoms with E-state index in [9.17, 15) is 4.79 Å². The fraction of sp³-hybridized carbons (Fsp3) is 0.550. The number of benzene rings is 1. The molecule has 0 bridgehead atoms. The largest absolute Gasteiger partial charge is 0.369 e. The first-order valence-electron chi connectivity index (χ1n) is 8.99. The molecule has 0 atom stereocenters. The van der Waals surface area contributed by atoms with Gasteiger partial charge < -0.3 is 4.90 Å². The number of aryl methyl sites for hydroxylation is 1. The predicted molar refractivity (Wildman–Crippen MR) is 96.0 cm³/mol. The molecule has 2 aliphatic rings. The summed E-state index contributed by atoms with van der Waals surface area (Å²) in [6.45, 7) is 7.32. The maximum absolute atomic E-state index is 12.3. The number of para-hydroxylation sites is 1. The van der Waals surface area contributed by atoms with Crippen LogP contribution in [0.1, 0.15) is 37.7 Å². The fourth-order valence-electron chi connectivity index (χ4n) is 3.64. The first-order valence-corrected chi connectivity index (χ1v) is 8.99. The second kappa shape index (κ2) is 7.78. The van der Waals surface area contributed by atoms with Gasteiger partial charge in [0.05, 0.1) is 0 Å². The summed E-state index contributed by atoms with van der Waals surface area (Å²) in [6, 6.07) is 8.61. The van der Waals surface area contributed by atoms with Gasteiger partial charge in [-0.3, -0.25) is 9.69 Å².